The number of nitrogens with zero attached hydrogens (tertiary/aromatic N) is 1. The van der Waals surface area contributed by atoms with Gasteiger partial charge in [-0.1, -0.05) is 18.2 Å². The van der Waals surface area contributed by atoms with Gasteiger partial charge in [0.25, 0.3) is 5.91 Å². The van der Waals surface area contributed by atoms with Gasteiger partial charge in [0.1, 0.15) is 17.6 Å². The smallest absolute Gasteiger partial charge is 0.258 e. The van der Waals surface area contributed by atoms with Crippen LogP contribution in [0.5, 0.6) is 11.5 Å². The Morgan fingerprint density at radius 2 is 2.09 bits per heavy atom. The molecule has 0 saturated carbocycles. The van der Waals surface area contributed by atoms with Gasteiger partial charge < -0.3 is 14.4 Å². The number of amides is 1. The molecule has 1 aliphatic heterocycles. The predicted molar refractivity (Wildman–Crippen MR) is 85.8 cm³/mol. The third-order valence-corrected chi connectivity index (χ3v) is 3.56. The highest BCUT2D eigenvalue weighted by Gasteiger charge is 2.28. The Balaban J connectivity index is 1.93. The number of fused-ring (bicyclic) bond motifs is 1. The van der Waals surface area contributed by atoms with Crippen molar-refractivity contribution in [2.45, 2.75) is 20.0 Å². The van der Waals surface area contributed by atoms with Crippen molar-refractivity contribution in [2.24, 2.45) is 0 Å². The molecule has 0 aliphatic carbocycles. The van der Waals surface area contributed by atoms with Gasteiger partial charge in [0, 0.05) is 5.56 Å². The molecule has 0 saturated heterocycles. The number of benzene rings is 2. The van der Waals surface area contributed by atoms with E-state index < -0.39 is 0 Å². The van der Waals surface area contributed by atoms with Crippen molar-refractivity contribution < 1.29 is 14.3 Å². The lowest BCUT2D eigenvalue weighted by Gasteiger charge is -2.33. The number of carbonyl (C=O) groups excluding carboxylic acids is 1. The van der Waals surface area contributed by atoms with Crippen LogP contribution in [-0.4, -0.2) is 25.2 Å². The zero-order valence-corrected chi connectivity index (χ0v) is 12.8. The number of carbonyl (C=O) groups is 1. The van der Waals surface area contributed by atoms with Crippen molar-refractivity contribution in [2.75, 3.05) is 18.1 Å². The van der Waals surface area contributed by atoms with E-state index in [0.717, 1.165) is 11.4 Å². The molecule has 2 aromatic carbocycles. The molecule has 0 bridgehead atoms. The van der Waals surface area contributed by atoms with Crippen LogP contribution in [0.2, 0.25) is 0 Å². The maximum absolute atomic E-state index is 12.9. The SMILES string of the molecule is CCOc1cccc(C(=O)N2CC(C)Oc3ccccc32)c1. The first-order valence-electron chi connectivity index (χ1n) is 7.49. The van der Waals surface area contributed by atoms with E-state index in [1.54, 1.807) is 11.0 Å². The number of anilines is 1. The average molecular weight is 297 g/mol. The van der Waals surface area contributed by atoms with Crippen molar-refractivity contribution in [3.8, 4) is 11.5 Å². The fraction of sp³-hybridized carbons (Fsp3) is 0.278. The molecule has 1 unspecified atom stereocenters. The van der Waals surface area contributed by atoms with Crippen molar-refractivity contribution in [1.82, 2.24) is 0 Å². The third kappa shape index (κ3) is 2.77. The summed E-state index contributed by atoms with van der Waals surface area (Å²) in [6.07, 6.45) is -0.0334. The second-order valence-corrected chi connectivity index (χ2v) is 5.27. The third-order valence-electron chi connectivity index (χ3n) is 3.56. The molecule has 1 amide bonds. The summed E-state index contributed by atoms with van der Waals surface area (Å²) in [6.45, 7) is 5.00. The topological polar surface area (TPSA) is 38.8 Å². The van der Waals surface area contributed by atoms with Crippen LogP contribution < -0.4 is 14.4 Å². The molecular weight excluding hydrogens is 278 g/mol. The zero-order valence-electron chi connectivity index (χ0n) is 12.8. The largest absolute Gasteiger partial charge is 0.494 e. The standard InChI is InChI=1S/C18H19NO3/c1-3-21-15-8-6-7-14(11-15)18(20)19-12-13(2)22-17-10-5-4-9-16(17)19/h4-11,13H,3,12H2,1-2H3. The number of para-hydroxylation sites is 2. The molecule has 1 aliphatic rings. The first-order chi connectivity index (χ1) is 10.7. The van der Waals surface area contributed by atoms with Crippen LogP contribution in [0.3, 0.4) is 0 Å². The molecule has 3 rings (SSSR count). The second kappa shape index (κ2) is 6.10. The molecule has 4 heteroatoms. The summed E-state index contributed by atoms with van der Waals surface area (Å²) >= 11 is 0. The van der Waals surface area contributed by atoms with Gasteiger partial charge in [-0.05, 0) is 44.2 Å². The summed E-state index contributed by atoms with van der Waals surface area (Å²) < 4.78 is 11.3. The van der Waals surface area contributed by atoms with Crippen LogP contribution in [0.15, 0.2) is 48.5 Å². The highest BCUT2D eigenvalue weighted by atomic mass is 16.5. The van der Waals surface area contributed by atoms with Crippen LogP contribution in [0.4, 0.5) is 5.69 Å². The molecular formula is C18H19NO3. The van der Waals surface area contributed by atoms with Gasteiger partial charge in [-0.25, -0.2) is 0 Å². The number of rotatable bonds is 3. The zero-order chi connectivity index (χ0) is 15.5. The Bertz CT molecular complexity index is 684. The Morgan fingerprint density at radius 3 is 2.91 bits per heavy atom. The van der Waals surface area contributed by atoms with Crippen molar-refractivity contribution >= 4 is 11.6 Å². The summed E-state index contributed by atoms with van der Waals surface area (Å²) in [5, 5.41) is 0. The van der Waals surface area contributed by atoms with Gasteiger partial charge in [-0.3, -0.25) is 4.79 Å². The second-order valence-electron chi connectivity index (χ2n) is 5.27. The number of ether oxygens (including phenoxy) is 2. The Hall–Kier alpha value is -2.49. The summed E-state index contributed by atoms with van der Waals surface area (Å²) in [5.41, 5.74) is 1.43. The monoisotopic (exact) mass is 297 g/mol. The van der Waals surface area contributed by atoms with Gasteiger partial charge in [0.15, 0.2) is 0 Å². The summed E-state index contributed by atoms with van der Waals surface area (Å²) in [5.74, 6) is 1.42. The van der Waals surface area contributed by atoms with E-state index in [2.05, 4.69) is 0 Å². The minimum atomic E-state index is -0.0378. The molecule has 0 fully saturated rings. The number of hydrogen-bond acceptors (Lipinski definition) is 3. The fourth-order valence-electron chi connectivity index (χ4n) is 2.62. The van der Waals surface area contributed by atoms with Gasteiger partial charge in [0.05, 0.1) is 18.8 Å². The Morgan fingerprint density at radius 1 is 1.27 bits per heavy atom. The first-order valence-corrected chi connectivity index (χ1v) is 7.49. The average Bonchev–Trinajstić information content (AvgIpc) is 2.54. The van der Waals surface area contributed by atoms with Crippen molar-refractivity contribution in [3.05, 3.63) is 54.1 Å². The van der Waals surface area contributed by atoms with Crippen LogP contribution in [-0.2, 0) is 0 Å². The maximum atomic E-state index is 12.9. The molecule has 0 N–H and O–H groups in total. The lowest BCUT2D eigenvalue weighted by atomic mass is 10.1. The van der Waals surface area contributed by atoms with Crippen molar-refractivity contribution in [1.29, 1.82) is 0 Å². The molecule has 0 aromatic heterocycles. The predicted octanol–water partition coefficient (Wildman–Crippen LogP) is 3.51. The minimum Gasteiger partial charge on any atom is -0.494 e. The lowest BCUT2D eigenvalue weighted by Crippen LogP contribution is -2.42. The molecule has 114 valence electrons. The van der Waals surface area contributed by atoms with Crippen molar-refractivity contribution in [3.63, 3.8) is 0 Å². The van der Waals surface area contributed by atoms with Crippen LogP contribution in [0.1, 0.15) is 24.2 Å². The van der Waals surface area contributed by atoms with E-state index in [9.17, 15) is 4.79 Å². The molecule has 1 heterocycles. The van der Waals surface area contributed by atoms with Gasteiger partial charge in [-0.2, -0.15) is 0 Å². The Labute approximate surface area is 130 Å². The lowest BCUT2D eigenvalue weighted by molar-refractivity contribution is 0.0960. The molecule has 4 nitrogen and oxygen atoms in total. The van der Waals surface area contributed by atoms with E-state index in [1.165, 1.54) is 0 Å². The van der Waals surface area contributed by atoms with E-state index in [1.807, 2.05) is 56.3 Å². The molecule has 1 atom stereocenters. The molecule has 0 radical (unpaired) electrons. The maximum Gasteiger partial charge on any atom is 0.258 e. The van der Waals surface area contributed by atoms with Gasteiger partial charge in [-0.15, -0.1) is 0 Å². The highest BCUT2D eigenvalue weighted by Crippen LogP contribution is 2.34. The van der Waals surface area contributed by atoms with E-state index in [4.69, 9.17) is 9.47 Å². The summed E-state index contributed by atoms with van der Waals surface area (Å²) in [7, 11) is 0. The van der Waals surface area contributed by atoms with Gasteiger partial charge >= 0.3 is 0 Å². The summed E-state index contributed by atoms with van der Waals surface area (Å²) in [6, 6.07) is 14.9. The molecule has 0 spiro atoms. The summed E-state index contributed by atoms with van der Waals surface area (Å²) in [4.78, 5) is 14.7. The molecule has 22 heavy (non-hydrogen) atoms. The van der Waals surface area contributed by atoms with E-state index in [0.29, 0.717) is 24.5 Å². The minimum absolute atomic E-state index is 0.0334. The van der Waals surface area contributed by atoms with Crippen LogP contribution in [0.25, 0.3) is 0 Å². The first kappa shape index (κ1) is 14.4. The normalized spacial score (nSPS) is 16.6. The molecule has 2 aromatic rings. The van der Waals surface area contributed by atoms with Crippen LogP contribution >= 0.6 is 0 Å². The van der Waals surface area contributed by atoms with E-state index >= 15 is 0 Å². The number of hydrogen-bond donors (Lipinski definition) is 0. The highest BCUT2D eigenvalue weighted by molar-refractivity contribution is 6.07. The van der Waals surface area contributed by atoms with E-state index in [-0.39, 0.29) is 12.0 Å². The quantitative estimate of drug-likeness (QED) is 0.870. The fourth-order valence-corrected chi connectivity index (χ4v) is 2.62. The van der Waals surface area contributed by atoms with Gasteiger partial charge in [0.2, 0.25) is 0 Å². The Kier molecular flexibility index (Phi) is 4.00. The van der Waals surface area contributed by atoms with Crippen LogP contribution in [0, 0.1) is 0 Å².